The SMILES string of the molecule is O=C(NCC1CCCCN1)C1CCCc2sccc21. The molecule has 2 aliphatic rings. The van der Waals surface area contributed by atoms with E-state index in [9.17, 15) is 4.79 Å². The van der Waals surface area contributed by atoms with Gasteiger partial charge in [-0.3, -0.25) is 4.79 Å². The Morgan fingerprint density at radius 3 is 3.16 bits per heavy atom. The zero-order valence-corrected chi connectivity index (χ0v) is 12.1. The molecule has 0 radical (unpaired) electrons. The Morgan fingerprint density at radius 1 is 1.37 bits per heavy atom. The first-order valence-electron chi connectivity index (χ1n) is 7.42. The van der Waals surface area contributed by atoms with Gasteiger partial charge in [0, 0.05) is 17.5 Å². The smallest absolute Gasteiger partial charge is 0.227 e. The summed E-state index contributed by atoms with van der Waals surface area (Å²) in [7, 11) is 0. The quantitative estimate of drug-likeness (QED) is 0.891. The third kappa shape index (κ3) is 3.00. The van der Waals surface area contributed by atoms with Crippen LogP contribution in [-0.2, 0) is 11.2 Å². The minimum absolute atomic E-state index is 0.0959. The molecular formula is C15H22N2OS. The number of piperidine rings is 1. The van der Waals surface area contributed by atoms with Crippen molar-refractivity contribution in [2.75, 3.05) is 13.1 Å². The van der Waals surface area contributed by atoms with Crippen LogP contribution in [-0.4, -0.2) is 25.0 Å². The van der Waals surface area contributed by atoms with Crippen LogP contribution in [0.25, 0.3) is 0 Å². The number of aryl methyl sites for hydroxylation is 1. The molecule has 1 fully saturated rings. The van der Waals surface area contributed by atoms with E-state index < -0.39 is 0 Å². The van der Waals surface area contributed by atoms with Crippen molar-refractivity contribution in [1.29, 1.82) is 0 Å². The molecule has 0 bridgehead atoms. The first-order valence-corrected chi connectivity index (χ1v) is 8.30. The number of hydrogen-bond donors (Lipinski definition) is 2. The Labute approximate surface area is 118 Å². The van der Waals surface area contributed by atoms with Gasteiger partial charge in [0.25, 0.3) is 0 Å². The minimum Gasteiger partial charge on any atom is -0.354 e. The second-order valence-corrected chi connectivity index (χ2v) is 6.64. The lowest BCUT2D eigenvalue weighted by molar-refractivity contribution is -0.123. The molecule has 19 heavy (non-hydrogen) atoms. The van der Waals surface area contributed by atoms with Gasteiger partial charge in [-0.05, 0) is 55.7 Å². The lowest BCUT2D eigenvalue weighted by Gasteiger charge is -2.26. The van der Waals surface area contributed by atoms with E-state index in [4.69, 9.17) is 0 Å². The van der Waals surface area contributed by atoms with Gasteiger partial charge in [-0.2, -0.15) is 0 Å². The summed E-state index contributed by atoms with van der Waals surface area (Å²) in [6.07, 6.45) is 7.05. The Kier molecular flexibility index (Phi) is 4.18. The highest BCUT2D eigenvalue weighted by Crippen LogP contribution is 2.34. The number of amides is 1. The molecule has 1 aromatic rings. The fraction of sp³-hybridized carbons (Fsp3) is 0.667. The van der Waals surface area contributed by atoms with E-state index >= 15 is 0 Å². The summed E-state index contributed by atoms with van der Waals surface area (Å²) in [5.74, 6) is 0.324. The highest BCUT2D eigenvalue weighted by Gasteiger charge is 2.27. The van der Waals surface area contributed by atoms with Gasteiger partial charge in [-0.25, -0.2) is 0 Å². The Morgan fingerprint density at radius 2 is 2.32 bits per heavy atom. The van der Waals surface area contributed by atoms with Gasteiger partial charge in [0.2, 0.25) is 5.91 Å². The maximum atomic E-state index is 12.4. The van der Waals surface area contributed by atoms with Gasteiger partial charge in [0.15, 0.2) is 0 Å². The van der Waals surface area contributed by atoms with Gasteiger partial charge in [-0.1, -0.05) is 6.42 Å². The number of nitrogens with one attached hydrogen (secondary N) is 2. The normalized spacial score (nSPS) is 26.7. The fourth-order valence-electron chi connectivity index (χ4n) is 3.20. The van der Waals surface area contributed by atoms with E-state index in [1.54, 1.807) is 11.3 Å². The molecule has 104 valence electrons. The van der Waals surface area contributed by atoms with Gasteiger partial charge in [0.05, 0.1) is 5.92 Å². The Balaban J connectivity index is 1.56. The number of thiophene rings is 1. The number of carbonyl (C=O) groups excluding carboxylic acids is 1. The molecule has 1 aromatic heterocycles. The molecule has 3 nitrogen and oxygen atoms in total. The highest BCUT2D eigenvalue weighted by atomic mass is 32.1. The predicted octanol–water partition coefficient (Wildman–Crippen LogP) is 2.43. The van der Waals surface area contributed by atoms with Crippen molar-refractivity contribution in [3.05, 3.63) is 21.9 Å². The maximum Gasteiger partial charge on any atom is 0.227 e. The molecule has 1 aliphatic carbocycles. The topological polar surface area (TPSA) is 41.1 Å². The summed E-state index contributed by atoms with van der Waals surface area (Å²) < 4.78 is 0. The van der Waals surface area contributed by atoms with Crippen molar-refractivity contribution in [3.8, 4) is 0 Å². The average molecular weight is 278 g/mol. The molecule has 2 heterocycles. The van der Waals surface area contributed by atoms with Crippen LogP contribution in [0.5, 0.6) is 0 Å². The van der Waals surface area contributed by atoms with Crippen molar-refractivity contribution in [1.82, 2.24) is 10.6 Å². The molecule has 1 aliphatic heterocycles. The zero-order chi connectivity index (χ0) is 13.1. The van der Waals surface area contributed by atoms with Crippen molar-refractivity contribution >= 4 is 17.2 Å². The molecule has 0 saturated carbocycles. The summed E-state index contributed by atoms with van der Waals surface area (Å²) in [5, 5.41) is 8.76. The van der Waals surface area contributed by atoms with Gasteiger partial charge in [0.1, 0.15) is 0 Å². The fourth-order valence-corrected chi connectivity index (χ4v) is 4.19. The second-order valence-electron chi connectivity index (χ2n) is 5.64. The first kappa shape index (κ1) is 13.1. The van der Waals surface area contributed by atoms with Crippen molar-refractivity contribution in [2.24, 2.45) is 0 Å². The van der Waals surface area contributed by atoms with E-state index in [1.807, 2.05) is 0 Å². The minimum atomic E-state index is 0.0959. The van der Waals surface area contributed by atoms with E-state index in [0.717, 1.165) is 32.4 Å². The number of hydrogen-bond acceptors (Lipinski definition) is 3. The lowest BCUT2D eigenvalue weighted by Crippen LogP contribution is -2.44. The van der Waals surface area contributed by atoms with Crippen LogP contribution in [0.3, 0.4) is 0 Å². The molecule has 2 N–H and O–H groups in total. The van der Waals surface area contributed by atoms with E-state index in [1.165, 1.54) is 29.7 Å². The van der Waals surface area contributed by atoms with Crippen LogP contribution < -0.4 is 10.6 Å². The third-order valence-corrected chi connectivity index (χ3v) is 5.30. The first-order chi connectivity index (χ1) is 9.34. The molecule has 1 amide bonds. The van der Waals surface area contributed by atoms with Gasteiger partial charge in [-0.15, -0.1) is 11.3 Å². The zero-order valence-electron chi connectivity index (χ0n) is 11.3. The summed E-state index contributed by atoms with van der Waals surface area (Å²) in [6, 6.07) is 2.62. The van der Waals surface area contributed by atoms with E-state index in [2.05, 4.69) is 22.1 Å². The molecule has 0 aromatic carbocycles. The number of carbonyl (C=O) groups is 1. The molecule has 3 rings (SSSR count). The number of rotatable bonds is 3. The second kappa shape index (κ2) is 6.06. The molecule has 1 saturated heterocycles. The lowest BCUT2D eigenvalue weighted by atomic mass is 9.87. The largest absolute Gasteiger partial charge is 0.354 e. The van der Waals surface area contributed by atoms with Crippen molar-refractivity contribution in [3.63, 3.8) is 0 Å². The molecular weight excluding hydrogens is 256 g/mol. The van der Waals surface area contributed by atoms with Crippen LogP contribution in [0.15, 0.2) is 11.4 Å². The van der Waals surface area contributed by atoms with E-state index in [-0.39, 0.29) is 11.8 Å². The summed E-state index contributed by atoms with van der Waals surface area (Å²) >= 11 is 1.80. The third-order valence-electron chi connectivity index (χ3n) is 4.30. The Bertz CT molecular complexity index is 437. The Hall–Kier alpha value is -0.870. The van der Waals surface area contributed by atoms with Crippen LogP contribution in [0.2, 0.25) is 0 Å². The molecule has 2 unspecified atom stereocenters. The monoisotopic (exact) mass is 278 g/mol. The molecule has 4 heteroatoms. The van der Waals surface area contributed by atoms with E-state index in [0.29, 0.717) is 6.04 Å². The van der Waals surface area contributed by atoms with Gasteiger partial charge < -0.3 is 10.6 Å². The molecule has 0 spiro atoms. The van der Waals surface area contributed by atoms with Crippen LogP contribution in [0, 0.1) is 0 Å². The van der Waals surface area contributed by atoms with Crippen LogP contribution >= 0.6 is 11.3 Å². The number of fused-ring (bicyclic) bond motifs is 1. The van der Waals surface area contributed by atoms with Gasteiger partial charge >= 0.3 is 0 Å². The predicted molar refractivity (Wildman–Crippen MR) is 78.6 cm³/mol. The summed E-state index contributed by atoms with van der Waals surface area (Å²) in [4.78, 5) is 13.8. The summed E-state index contributed by atoms with van der Waals surface area (Å²) in [5.41, 5.74) is 1.28. The summed E-state index contributed by atoms with van der Waals surface area (Å²) in [6.45, 7) is 1.88. The standard InChI is InChI=1S/C15H22N2OS/c18-15(17-10-11-4-1-2-8-16-11)13-5-3-6-14-12(13)7-9-19-14/h7,9,11,13,16H,1-6,8,10H2,(H,17,18). The van der Waals surface area contributed by atoms with Crippen molar-refractivity contribution < 1.29 is 4.79 Å². The molecule has 2 atom stereocenters. The van der Waals surface area contributed by atoms with Crippen LogP contribution in [0.1, 0.15) is 48.5 Å². The van der Waals surface area contributed by atoms with Crippen molar-refractivity contribution in [2.45, 2.75) is 50.5 Å². The van der Waals surface area contributed by atoms with Crippen LogP contribution in [0.4, 0.5) is 0 Å². The average Bonchev–Trinajstić information content (AvgIpc) is 2.94. The maximum absolute atomic E-state index is 12.4. The highest BCUT2D eigenvalue weighted by molar-refractivity contribution is 7.10.